The Hall–Kier alpha value is -1.95. The fraction of sp³-hybridized carbons (Fsp3) is 0.308. The largest absolute Gasteiger partial charge is 0.507 e. The fourth-order valence-corrected chi connectivity index (χ4v) is 1.23. The molecule has 1 amide bonds. The lowest BCUT2D eigenvalue weighted by Crippen LogP contribution is -2.42. The highest BCUT2D eigenvalue weighted by molar-refractivity contribution is 5.97. The van der Waals surface area contributed by atoms with Crippen LogP contribution in [-0.4, -0.2) is 16.6 Å². The molecule has 0 bridgehead atoms. The number of hydrogen-bond acceptors (Lipinski definition) is 2. The lowest BCUT2D eigenvalue weighted by molar-refractivity contribution is 0.0927. The molecule has 0 spiro atoms. The summed E-state index contributed by atoms with van der Waals surface area (Å²) in [6, 6.07) is 5.01. The summed E-state index contributed by atoms with van der Waals surface area (Å²) in [5.41, 5.74) is 0.169. The van der Waals surface area contributed by atoms with Gasteiger partial charge in [-0.15, -0.1) is 6.42 Å². The Bertz CT molecular complexity index is 455. The van der Waals surface area contributed by atoms with E-state index in [9.17, 15) is 9.90 Å². The molecule has 1 aromatic rings. The van der Waals surface area contributed by atoms with Gasteiger partial charge < -0.3 is 10.4 Å². The van der Waals surface area contributed by atoms with Gasteiger partial charge in [-0.3, -0.25) is 4.79 Å². The van der Waals surface area contributed by atoms with Crippen LogP contribution in [0.3, 0.4) is 0 Å². The summed E-state index contributed by atoms with van der Waals surface area (Å²) in [4.78, 5) is 11.8. The van der Waals surface area contributed by atoms with Crippen LogP contribution < -0.4 is 5.32 Å². The monoisotopic (exact) mass is 217 g/mol. The first kappa shape index (κ1) is 12.1. The third kappa shape index (κ3) is 2.54. The smallest absolute Gasteiger partial charge is 0.256 e. The Balaban J connectivity index is 2.99. The van der Waals surface area contributed by atoms with Gasteiger partial charge in [-0.05, 0) is 32.4 Å². The molecule has 2 N–H and O–H groups in total. The Labute approximate surface area is 95.5 Å². The number of carbonyl (C=O) groups excluding carboxylic acids is 1. The SMILES string of the molecule is C#CC(C)(C)NC(=O)c1cccc(C)c1O. The van der Waals surface area contributed by atoms with Gasteiger partial charge in [0.1, 0.15) is 5.75 Å². The predicted octanol–water partition coefficient (Wildman–Crippen LogP) is 1.84. The summed E-state index contributed by atoms with van der Waals surface area (Å²) in [6.07, 6.45) is 5.27. The minimum atomic E-state index is -0.729. The molecule has 0 aliphatic carbocycles. The van der Waals surface area contributed by atoms with Gasteiger partial charge in [-0.2, -0.15) is 0 Å². The van der Waals surface area contributed by atoms with Gasteiger partial charge in [0.2, 0.25) is 0 Å². The molecule has 0 aliphatic rings. The molecule has 0 saturated carbocycles. The summed E-state index contributed by atoms with van der Waals surface area (Å²) in [6.45, 7) is 5.17. The average molecular weight is 217 g/mol. The average Bonchev–Trinajstić information content (AvgIpc) is 2.21. The molecule has 0 radical (unpaired) electrons. The van der Waals surface area contributed by atoms with Crippen LogP contribution in [0.4, 0.5) is 0 Å². The number of carbonyl (C=O) groups is 1. The van der Waals surface area contributed by atoms with Crippen LogP contribution in [0, 0.1) is 19.3 Å². The maximum atomic E-state index is 11.8. The van der Waals surface area contributed by atoms with Crippen LogP contribution in [0.1, 0.15) is 29.8 Å². The zero-order valence-electron chi connectivity index (χ0n) is 9.66. The summed E-state index contributed by atoms with van der Waals surface area (Å²) in [5, 5.41) is 12.4. The predicted molar refractivity (Wildman–Crippen MR) is 63.2 cm³/mol. The first-order valence-electron chi connectivity index (χ1n) is 4.96. The highest BCUT2D eigenvalue weighted by Gasteiger charge is 2.20. The molecule has 84 valence electrons. The van der Waals surface area contributed by atoms with E-state index in [0.717, 1.165) is 0 Å². The van der Waals surface area contributed by atoms with Crippen LogP contribution in [-0.2, 0) is 0 Å². The molecule has 0 aliphatic heterocycles. The lowest BCUT2D eigenvalue weighted by Gasteiger charge is -2.20. The zero-order chi connectivity index (χ0) is 12.3. The van der Waals surface area contributed by atoms with Crippen molar-refractivity contribution in [2.45, 2.75) is 26.3 Å². The van der Waals surface area contributed by atoms with Gasteiger partial charge in [0.05, 0.1) is 11.1 Å². The van der Waals surface area contributed by atoms with Crippen molar-refractivity contribution in [2.75, 3.05) is 0 Å². The molecule has 0 saturated heterocycles. The number of phenols is 1. The molecule has 0 fully saturated rings. The molecule has 0 atom stereocenters. The molecule has 0 aromatic heterocycles. The van der Waals surface area contributed by atoms with Crippen LogP contribution >= 0.6 is 0 Å². The van der Waals surface area contributed by atoms with E-state index in [1.54, 1.807) is 39.0 Å². The van der Waals surface area contributed by atoms with E-state index in [0.29, 0.717) is 5.56 Å². The summed E-state index contributed by atoms with van der Waals surface area (Å²) in [7, 11) is 0. The second-order valence-electron chi connectivity index (χ2n) is 4.19. The Morgan fingerprint density at radius 1 is 1.50 bits per heavy atom. The number of para-hydroxylation sites is 1. The van der Waals surface area contributed by atoms with Crippen LogP contribution in [0.15, 0.2) is 18.2 Å². The number of aromatic hydroxyl groups is 1. The number of nitrogens with one attached hydrogen (secondary N) is 1. The van der Waals surface area contributed by atoms with Crippen molar-refractivity contribution in [3.8, 4) is 18.1 Å². The number of amides is 1. The molecule has 0 heterocycles. The van der Waals surface area contributed by atoms with E-state index in [-0.39, 0.29) is 17.2 Å². The van der Waals surface area contributed by atoms with Gasteiger partial charge in [0.15, 0.2) is 0 Å². The molecule has 0 unspecified atom stereocenters. The zero-order valence-corrected chi connectivity index (χ0v) is 9.66. The minimum absolute atomic E-state index is 0.00665. The number of terminal acetylenes is 1. The summed E-state index contributed by atoms with van der Waals surface area (Å²) >= 11 is 0. The van der Waals surface area contributed by atoms with Gasteiger partial charge in [0.25, 0.3) is 5.91 Å². The number of rotatable bonds is 2. The van der Waals surface area contributed by atoms with Gasteiger partial charge in [0, 0.05) is 0 Å². The van der Waals surface area contributed by atoms with Crippen LogP contribution in [0.2, 0.25) is 0 Å². The van der Waals surface area contributed by atoms with Gasteiger partial charge in [-0.1, -0.05) is 18.1 Å². The Morgan fingerprint density at radius 3 is 2.69 bits per heavy atom. The minimum Gasteiger partial charge on any atom is -0.507 e. The van der Waals surface area contributed by atoms with E-state index in [1.807, 2.05) is 0 Å². The second-order valence-corrected chi connectivity index (χ2v) is 4.19. The number of phenolic OH excluding ortho intramolecular Hbond substituents is 1. The second kappa shape index (κ2) is 4.28. The Morgan fingerprint density at radius 2 is 2.12 bits per heavy atom. The van der Waals surface area contributed by atoms with Crippen molar-refractivity contribution in [1.29, 1.82) is 0 Å². The maximum Gasteiger partial charge on any atom is 0.256 e. The normalized spacial score (nSPS) is 10.6. The van der Waals surface area contributed by atoms with Gasteiger partial charge >= 0.3 is 0 Å². The third-order valence-corrected chi connectivity index (χ3v) is 2.27. The van der Waals surface area contributed by atoms with Crippen molar-refractivity contribution in [3.63, 3.8) is 0 Å². The van der Waals surface area contributed by atoms with E-state index in [4.69, 9.17) is 6.42 Å². The van der Waals surface area contributed by atoms with Crippen molar-refractivity contribution in [3.05, 3.63) is 29.3 Å². The van der Waals surface area contributed by atoms with Crippen molar-refractivity contribution in [2.24, 2.45) is 0 Å². The molecular formula is C13H15NO2. The Kier molecular flexibility index (Phi) is 3.24. The van der Waals surface area contributed by atoms with E-state index in [1.165, 1.54) is 0 Å². The van der Waals surface area contributed by atoms with Crippen LogP contribution in [0.5, 0.6) is 5.75 Å². The lowest BCUT2D eigenvalue weighted by atomic mass is 10.0. The topological polar surface area (TPSA) is 49.3 Å². The van der Waals surface area contributed by atoms with Crippen molar-refractivity contribution in [1.82, 2.24) is 5.32 Å². The molecule has 16 heavy (non-hydrogen) atoms. The first-order chi connectivity index (χ1) is 7.37. The van der Waals surface area contributed by atoms with Gasteiger partial charge in [-0.25, -0.2) is 0 Å². The maximum absolute atomic E-state index is 11.8. The number of hydrogen-bond donors (Lipinski definition) is 2. The first-order valence-corrected chi connectivity index (χ1v) is 4.96. The third-order valence-electron chi connectivity index (χ3n) is 2.27. The van der Waals surface area contributed by atoms with E-state index in [2.05, 4.69) is 11.2 Å². The van der Waals surface area contributed by atoms with E-state index < -0.39 is 5.54 Å². The fourth-order valence-electron chi connectivity index (χ4n) is 1.23. The van der Waals surface area contributed by atoms with E-state index >= 15 is 0 Å². The molecule has 3 nitrogen and oxygen atoms in total. The molecule has 1 aromatic carbocycles. The van der Waals surface area contributed by atoms with Crippen molar-refractivity contribution < 1.29 is 9.90 Å². The number of benzene rings is 1. The summed E-state index contributed by atoms with van der Waals surface area (Å²) < 4.78 is 0. The quantitative estimate of drug-likeness (QED) is 0.743. The highest BCUT2D eigenvalue weighted by Crippen LogP contribution is 2.21. The standard InChI is InChI=1S/C13H15NO2/c1-5-13(3,4)14-12(16)10-8-6-7-9(2)11(10)15/h1,6-8,15H,2-4H3,(H,14,16). The molecule has 1 rings (SSSR count). The summed E-state index contributed by atoms with van der Waals surface area (Å²) in [5.74, 6) is 2.08. The van der Waals surface area contributed by atoms with Crippen LogP contribution in [0.25, 0.3) is 0 Å². The van der Waals surface area contributed by atoms with Crippen molar-refractivity contribution >= 4 is 5.91 Å². The number of aryl methyl sites for hydroxylation is 1. The highest BCUT2D eigenvalue weighted by atomic mass is 16.3. The molecular weight excluding hydrogens is 202 g/mol. The molecule has 3 heteroatoms.